The fourth-order valence-corrected chi connectivity index (χ4v) is 2.78. The summed E-state index contributed by atoms with van der Waals surface area (Å²) in [4.78, 5) is 11.6. The number of carbonyl (C=O) groups excluding carboxylic acids is 1. The van der Waals surface area contributed by atoms with Crippen LogP contribution in [0.4, 0.5) is 0 Å². The Balaban J connectivity index is 2.51. The van der Waals surface area contributed by atoms with Gasteiger partial charge in [0.25, 0.3) is 0 Å². The van der Waals surface area contributed by atoms with Crippen molar-refractivity contribution in [2.45, 2.75) is 38.5 Å². The van der Waals surface area contributed by atoms with E-state index in [0.29, 0.717) is 18.6 Å². The molecule has 0 aliphatic heterocycles. The minimum atomic E-state index is -0.122. The second-order valence-corrected chi connectivity index (χ2v) is 5.30. The van der Waals surface area contributed by atoms with E-state index < -0.39 is 0 Å². The van der Waals surface area contributed by atoms with E-state index in [4.69, 9.17) is 9.47 Å². The fraction of sp³-hybridized carbons (Fsp3) is 0.533. The van der Waals surface area contributed by atoms with Crippen molar-refractivity contribution in [2.75, 3.05) is 14.2 Å². The van der Waals surface area contributed by atoms with Crippen LogP contribution in [0.5, 0.6) is 11.5 Å². The molecule has 18 heavy (non-hydrogen) atoms. The van der Waals surface area contributed by atoms with Crippen molar-refractivity contribution >= 4 is 5.78 Å². The van der Waals surface area contributed by atoms with E-state index in [1.54, 1.807) is 14.2 Å². The number of carbonyl (C=O) groups is 1. The van der Waals surface area contributed by atoms with Gasteiger partial charge in [0.05, 0.1) is 14.2 Å². The lowest BCUT2D eigenvalue weighted by Crippen LogP contribution is -2.19. The molecule has 3 nitrogen and oxygen atoms in total. The summed E-state index contributed by atoms with van der Waals surface area (Å²) in [6, 6.07) is 4.01. The van der Waals surface area contributed by atoms with Gasteiger partial charge in [0.1, 0.15) is 17.3 Å². The predicted octanol–water partition coefficient (Wildman–Crippen LogP) is 3.02. The molecule has 0 radical (unpaired) electrons. The zero-order valence-corrected chi connectivity index (χ0v) is 11.5. The number of ether oxygens (including phenoxy) is 2. The quantitative estimate of drug-likeness (QED) is 0.824. The van der Waals surface area contributed by atoms with Gasteiger partial charge in [0.2, 0.25) is 0 Å². The molecule has 2 rings (SSSR count). The second-order valence-electron chi connectivity index (χ2n) is 5.30. The normalized spacial score (nSPS) is 23.2. The van der Waals surface area contributed by atoms with Crippen molar-refractivity contribution in [3.8, 4) is 11.5 Å². The van der Waals surface area contributed by atoms with Gasteiger partial charge in [-0.25, -0.2) is 0 Å². The van der Waals surface area contributed by atoms with Crippen LogP contribution in [0.25, 0.3) is 0 Å². The van der Waals surface area contributed by atoms with E-state index in [9.17, 15) is 4.79 Å². The highest BCUT2D eigenvalue weighted by Gasteiger charge is 2.38. The Labute approximate surface area is 108 Å². The van der Waals surface area contributed by atoms with Crippen molar-refractivity contribution in [1.29, 1.82) is 0 Å². The molecule has 1 fully saturated rings. The maximum atomic E-state index is 11.6. The number of hydrogen-bond acceptors (Lipinski definition) is 3. The Kier molecular flexibility index (Phi) is 3.33. The lowest BCUT2D eigenvalue weighted by Gasteiger charge is -2.26. The first kappa shape index (κ1) is 12.9. The van der Waals surface area contributed by atoms with E-state index in [-0.39, 0.29) is 5.41 Å². The van der Waals surface area contributed by atoms with Gasteiger partial charge in [-0.3, -0.25) is 4.79 Å². The molecule has 0 amide bonds. The van der Waals surface area contributed by atoms with Crippen molar-refractivity contribution in [3.63, 3.8) is 0 Å². The second kappa shape index (κ2) is 4.63. The predicted molar refractivity (Wildman–Crippen MR) is 70.5 cm³/mol. The maximum absolute atomic E-state index is 11.6. The number of rotatable bonds is 3. The van der Waals surface area contributed by atoms with Gasteiger partial charge in [0.15, 0.2) is 0 Å². The molecule has 1 aromatic rings. The maximum Gasteiger partial charge on any atom is 0.133 e. The van der Waals surface area contributed by atoms with Gasteiger partial charge in [-0.05, 0) is 31.0 Å². The van der Waals surface area contributed by atoms with Gasteiger partial charge in [-0.15, -0.1) is 0 Å². The van der Waals surface area contributed by atoms with Gasteiger partial charge in [0, 0.05) is 23.8 Å². The zero-order chi connectivity index (χ0) is 13.3. The van der Waals surface area contributed by atoms with Crippen molar-refractivity contribution in [1.82, 2.24) is 0 Å². The smallest absolute Gasteiger partial charge is 0.133 e. The largest absolute Gasteiger partial charge is 0.496 e. The Morgan fingerprint density at radius 2 is 1.83 bits per heavy atom. The minimum Gasteiger partial charge on any atom is -0.496 e. The summed E-state index contributed by atoms with van der Waals surface area (Å²) in [6.07, 6.45) is 2.14. The number of methoxy groups -OCH3 is 2. The Morgan fingerprint density at radius 1 is 1.17 bits per heavy atom. The molecule has 1 aliphatic carbocycles. The van der Waals surface area contributed by atoms with E-state index in [1.165, 1.54) is 0 Å². The summed E-state index contributed by atoms with van der Waals surface area (Å²) in [7, 11) is 3.34. The highest BCUT2D eigenvalue weighted by atomic mass is 16.5. The fourth-order valence-electron chi connectivity index (χ4n) is 2.78. The standard InChI is InChI=1S/C15H20O3/c1-10-7-14(18-4)12(8-13(10)17-3)15(2)6-5-11(16)9-15/h7-8H,5-6,9H2,1-4H3. The van der Waals surface area contributed by atoms with Gasteiger partial charge >= 0.3 is 0 Å². The Morgan fingerprint density at radius 3 is 2.33 bits per heavy atom. The molecule has 1 unspecified atom stereocenters. The van der Waals surface area contributed by atoms with Gasteiger partial charge in [-0.2, -0.15) is 0 Å². The lowest BCUT2D eigenvalue weighted by atomic mass is 9.80. The topological polar surface area (TPSA) is 35.5 Å². The third-order valence-electron chi connectivity index (χ3n) is 3.91. The van der Waals surface area contributed by atoms with Crippen LogP contribution < -0.4 is 9.47 Å². The molecule has 0 bridgehead atoms. The Bertz CT molecular complexity index is 479. The third kappa shape index (κ3) is 2.09. The van der Waals surface area contributed by atoms with Crippen LogP contribution in [0.1, 0.15) is 37.3 Å². The summed E-state index contributed by atoms with van der Waals surface area (Å²) in [5, 5.41) is 0. The monoisotopic (exact) mass is 248 g/mol. The average Bonchev–Trinajstić information content (AvgIpc) is 2.69. The first-order valence-corrected chi connectivity index (χ1v) is 6.25. The number of aryl methyl sites for hydroxylation is 1. The van der Waals surface area contributed by atoms with Crippen LogP contribution in [0, 0.1) is 6.92 Å². The first-order valence-electron chi connectivity index (χ1n) is 6.25. The summed E-state index contributed by atoms with van der Waals surface area (Å²) >= 11 is 0. The van der Waals surface area contributed by atoms with Crippen LogP contribution >= 0.6 is 0 Å². The molecule has 3 heteroatoms. The summed E-state index contributed by atoms with van der Waals surface area (Å²) < 4.78 is 10.8. The Hall–Kier alpha value is -1.51. The van der Waals surface area contributed by atoms with Crippen LogP contribution in [0.2, 0.25) is 0 Å². The average molecular weight is 248 g/mol. The number of hydrogen-bond donors (Lipinski definition) is 0. The van der Waals surface area contributed by atoms with Crippen LogP contribution in [-0.4, -0.2) is 20.0 Å². The summed E-state index contributed by atoms with van der Waals surface area (Å²) in [5.74, 6) is 2.04. The molecule has 1 saturated carbocycles. The first-order chi connectivity index (χ1) is 8.50. The van der Waals surface area contributed by atoms with Crippen molar-refractivity contribution < 1.29 is 14.3 Å². The molecule has 1 aliphatic rings. The van der Waals surface area contributed by atoms with Crippen molar-refractivity contribution in [2.24, 2.45) is 0 Å². The van der Waals surface area contributed by atoms with Crippen LogP contribution in [0.3, 0.4) is 0 Å². The van der Waals surface area contributed by atoms with E-state index >= 15 is 0 Å². The molecule has 98 valence electrons. The molecule has 0 N–H and O–H groups in total. The van der Waals surface area contributed by atoms with E-state index in [1.807, 2.05) is 19.1 Å². The summed E-state index contributed by atoms with van der Waals surface area (Å²) in [5.41, 5.74) is 2.01. The zero-order valence-electron chi connectivity index (χ0n) is 11.5. The van der Waals surface area contributed by atoms with E-state index in [2.05, 4.69) is 6.92 Å². The molecular weight excluding hydrogens is 228 g/mol. The highest BCUT2D eigenvalue weighted by Crippen LogP contribution is 2.45. The molecular formula is C15H20O3. The minimum absolute atomic E-state index is 0.122. The third-order valence-corrected chi connectivity index (χ3v) is 3.91. The molecule has 0 aromatic heterocycles. The summed E-state index contributed by atoms with van der Waals surface area (Å²) in [6.45, 7) is 4.12. The molecule has 0 saturated heterocycles. The van der Waals surface area contributed by atoms with Crippen LogP contribution in [-0.2, 0) is 10.2 Å². The number of benzene rings is 1. The number of ketones is 1. The van der Waals surface area contributed by atoms with E-state index in [0.717, 1.165) is 29.0 Å². The highest BCUT2D eigenvalue weighted by molar-refractivity contribution is 5.83. The SMILES string of the molecule is COc1cc(C2(C)CCC(=O)C2)c(OC)cc1C. The molecule has 0 spiro atoms. The molecule has 0 heterocycles. The van der Waals surface area contributed by atoms with Crippen LogP contribution in [0.15, 0.2) is 12.1 Å². The van der Waals surface area contributed by atoms with Crippen molar-refractivity contribution in [3.05, 3.63) is 23.3 Å². The van der Waals surface area contributed by atoms with Gasteiger partial charge < -0.3 is 9.47 Å². The number of Topliss-reactive ketones (excluding diaryl/α,β-unsaturated/α-hetero) is 1. The lowest BCUT2D eigenvalue weighted by molar-refractivity contribution is -0.117. The molecule has 1 atom stereocenters. The van der Waals surface area contributed by atoms with Gasteiger partial charge in [-0.1, -0.05) is 6.92 Å². The molecule has 1 aromatic carbocycles.